The molecule has 0 spiro atoms. The van der Waals surface area contributed by atoms with Crippen LogP contribution >= 0.6 is 0 Å². The summed E-state index contributed by atoms with van der Waals surface area (Å²) in [6, 6.07) is 9.58. The first-order chi connectivity index (χ1) is 10.7. The Kier molecular flexibility index (Phi) is 4.18. The molecule has 1 saturated heterocycles. The number of anilines is 1. The van der Waals surface area contributed by atoms with Gasteiger partial charge in [-0.1, -0.05) is 12.1 Å². The molecule has 0 radical (unpaired) electrons. The van der Waals surface area contributed by atoms with Crippen LogP contribution in [0.5, 0.6) is 5.75 Å². The zero-order valence-corrected chi connectivity index (χ0v) is 12.4. The van der Waals surface area contributed by atoms with Crippen molar-refractivity contribution >= 4 is 11.9 Å². The van der Waals surface area contributed by atoms with Gasteiger partial charge in [-0.25, -0.2) is 9.97 Å². The van der Waals surface area contributed by atoms with Crippen molar-refractivity contribution in [2.75, 3.05) is 25.5 Å². The Bertz CT molecular complexity index is 624. The lowest BCUT2D eigenvalue weighted by Crippen LogP contribution is -2.57. The third kappa shape index (κ3) is 3.33. The van der Waals surface area contributed by atoms with Crippen LogP contribution in [-0.4, -0.2) is 47.0 Å². The summed E-state index contributed by atoms with van der Waals surface area (Å²) in [5, 5.41) is 3.21. The first kappa shape index (κ1) is 14.3. The molecule has 3 rings (SSSR count). The van der Waals surface area contributed by atoms with Crippen molar-refractivity contribution in [1.82, 2.24) is 14.9 Å². The topological polar surface area (TPSA) is 67.3 Å². The Morgan fingerprint density at radius 2 is 1.95 bits per heavy atom. The number of aromatic nitrogens is 2. The van der Waals surface area contributed by atoms with E-state index in [2.05, 4.69) is 15.3 Å². The number of benzene rings is 1. The van der Waals surface area contributed by atoms with Crippen LogP contribution < -0.4 is 10.1 Å². The SMILES string of the molecule is COc1ccc(CC(=O)N2CC(Nc3ncccn3)C2)cc1. The van der Waals surface area contributed by atoms with Gasteiger partial charge in [0.15, 0.2) is 0 Å². The number of hydrogen-bond donors (Lipinski definition) is 1. The summed E-state index contributed by atoms with van der Waals surface area (Å²) in [5.41, 5.74) is 0.994. The van der Waals surface area contributed by atoms with Gasteiger partial charge < -0.3 is 15.0 Å². The second-order valence-corrected chi connectivity index (χ2v) is 5.24. The van der Waals surface area contributed by atoms with Crippen LogP contribution in [0.15, 0.2) is 42.7 Å². The molecule has 1 N–H and O–H groups in total. The Hall–Kier alpha value is -2.63. The first-order valence-electron chi connectivity index (χ1n) is 7.19. The van der Waals surface area contributed by atoms with E-state index in [9.17, 15) is 4.79 Å². The number of hydrogen-bond acceptors (Lipinski definition) is 5. The van der Waals surface area contributed by atoms with E-state index in [4.69, 9.17) is 4.74 Å². The fraction of sp³-hybridized carbons (Fsp3) is 0.312. The standard InChI is InChI=1S/C16H18N4O2/c1-22-14-5-3-12(4-6-14)9-15(21)20-10-13(11-20)19-16-17-7-2-8-18-16/h2-8,13H,9-11H2,1H3,(H,17,18,19). The number of carbonyl (C=O) groups excluding carboxylic acids is 1. The Balaban J connectivity index is 1.46. The molecule has 2 aromatic rings. The zero-order chi connectivity index (χ0) is 15.4. The summed E-state index contributed by atoms with van der Waals surface area (Å²) in [5.74, 6) is 1.54. The summed E-state index contributed by atoms with van der Waals surface area (Å²) in [6.07, 6.45) is 3.81. The van der Waals surface area contributed by atoms with Crippen molar-refractivity contribution in [3.8, 4) is 5.75 Å². The van der Waals surface area contributed by atoms with Crippen molar-refractivity contribution in [2.24, 2.45) is 0 Å². The van der Waals surface area contributed by atoms with Crippen molar-refractivity contribution < 1.29 is 9.53 Å². The number of nitrogens with one attached hydrogen (secondary N) is 1. The average molecular weight is 298 g/mol. The highest BCUT2D eigenvalue weighted by Gasteiger charge is 2.30. The molecule has 0 atom stereocenters. The molecule has 6 heteroatoms. The predicted octanol–water partition coefficient (Wildman–Crippen LogP) is 1.35. The number of amides is 1. The van der Waals surface area contributed by atoms with E-state index in [1.165, 1.54) is 0 Å². The third-order valence-electron chi connectivity index (χ3n) is 3.65. The van der Waals surface area contributed by atoms with E-state index in [0.717, 1.165) is 11.3 Å². The molecule has 0 saturated carbocycles. The lowest BCUT2D eigenvalue weighted by atomic mass is 10.1. The summed E-state index contributed by atoms with van der Waals surface area (Å²) < 4.78 is 5.11. The molecule has 22 heavy (non-hydrogen) atoms. The monoisotopic (exact) mass is 298 g/mol. The summed E-state index contributed by atoms with van der Waals surface area (Å²) in [6.45, 7) is 1.38. The molecule has 1 fully saturated rings. The Morgan fingerprint density at radius 1 is 1.27 bits per heavy atom. The molecule has 0 bridgehead atoms. The molecule has 6 nitrogen and oxygen atoms in total. The van der Waals surface area contributed by atoms with Crippen LogP contribution in [0.2, 0.25) is 0 Å². The van der Waals surface area contributed by atoms with Crippen LogP contribution in [0.25, 0.3) is 0 Å². The molecule has 0 aliphatic carbocycles. The second kappa shape index (κ2) is 6.43. The molecule has 1 aromatic carbocycles. The van der Waals surface area contributed by atoms with Gasteiger partial charge in [-0.2, -0.15) is 0 Å². The van der Waals surface area contributed by atoms with Crippen molar-refractivity contribution in [1.29, 1.82) is 0 Å². The molecular weight excluding hydrogens is 280 g/mol. The number of methoxy groups -OCH3 is 1. The fourth-order valence-electron chi connectivity index (χ4n) is 2.36. The van der Waals surface area contributed by atoms with Gasteiger partial charge in [0.2, 0.25) is 11.9 Å². The van der Waals surface area contributed by atoms with Crippen LogP contribution in [0.1, 0.15) is 5.56 Å². The van der Waals surface area contributed by atoms with E-state index < -0.39 is 0 Å². The first-order valence-corrected chi connectivity index (χ1v) is 7.19. The second-order valence-electron chi connectivity index (χ2n) is 5.24. The fourth-order valence-corrected chi connectivity index (χ4v) is 2.36. The molecule has 114 valence electrons. The quantitative estimate of drug-likeness (QED) is 0.902. The molecular formula is C16H18N4O2. The van der Waals surface area contributed by atoms with Crippen molar-refractivity contribution in [3.63, 3.8) is 0 Å². The highest BCUT2D eigenvalue weighted by Crippen LogP contribution is 2.16. The largest absolute Gasteiger partial charge is 0.497 e. The van der Waals surface area contributed by atoms with Crippen LogP contribution in [0, 0.1) is 0 Å². The maximum absolute atomic E-state index is 12.2. The van der Waals surface area contributed by atoms with Gasteiger partial charge in [-0.3, -0.25) is 4.79 Å². The molecule has 1 aromatic heterocycles. The smallest absolute Gasteiger partial charge is 0.227 e. The van der Waals surface area contributed by atoms with E-state index in [1.807, 2.05) is 29.2 Å². The number of likely N-dealkylation sites (tertiary alicyclic amines) is 1. The van der Waals surface area contributed by atoms with Gasteiger partial charge in [-0.05, 0) is 23.8 Å². The summed E-state index contributed by atoms with van der Waals surface area (Å²) >= 11 is 0. The lowest BCUT2D eigenvalue weighted by Gasteiger charge is -2.39. The normalized spacial score (nSPS) is 14.3. The Morgan fingerprint density at radius 3 is 2.59 bits per heavy atom. The predicted molar refractivity (Wildman–Crippen MR) is 82.7 cm³/mol. The maximum Gasteiger partial charge on any atom is 0.227 e. The van der Waals surface area contributed by atoms with Gasteiger partial charge in [-0.15, -0.1) is 0 Å². The van der Waals surface area contributed by atoms with Gasteiger partial charge in [0.1, 0.15) is 5.75 Å². The van der Waals surface area contributed by atoms with Crippen molar-refractivity contribution in [3.05, 3.63) is 48.3 Å². The molecule has 1 amide bonds. The molecule has 0 unspecified atom stereocenters. The van der Waals surface area contributed by atoms with E-state index in [-0.39, 0.29) is 11.9 Å². The summed E-state index contributed by atoms with van der Waals surface area (Å²) in [7, 11) is 1.63. The van der Waals surface area contributed by atoms with Gasteiger partial charge in [0, 0.05) is 25.5 Å². The van der Waals surface area contributed by atoms with Gasteiger partial charge in [0.25, 0.3) is 0 Å². The minimum absolute atomic E-state index is 0.136. The molecule has 1 aliphatic heterocycles. The van der Waals surface area contributed by atoms with Gasteiger partial charge in [0.05, 0.1) is 19.6 Å². The van der Waals surface area contributed by atoms with E-state index in [0.29, 0.717) is 25.5 Å². The average Bonchev–Trinajstić information content (AvgIpc) is 2.52. The van der Waals surface area contributed by atoms with Crippen molar-refractivity contribution in [2.45, 2.75) is 12.5 Å². The highest BCUT2D eigenvalue weighted by molar-refractivity contribution is 5.79. The third-order valence-corrected chi connectivity index (χ3v) is 3.65. The van der Waals surface area contributed by atoms with E-state index >= 15 is 0 Å². The summed E-state index contributed by atoms with van der Waals surface area (Å²) in [4.78, 5) is 22.3. The number of nitrogens with zero attached hydrogens (tertiary/aromatic N) is 3. The van der Waals surface area contributed by atoms with Crippen LogP contribution in [0.4, 0.5) is 5.95 Å². The van der Waals surface area contributed by atoms with Crippen LogP contribution in [0.3, 0.4) is 0 Å². The number of rotatable bonds is 5. The minimum Gasteiger partial charge on any atom is -0.497 e. The molecule has 1 aliphatic rings. The lowest BCUT2D eigenvalue weighted by molar-refractivity contribution is -0.134. The highest BCUT2D eigenvalue weighted by atomic mass is 16.5. The minimum atomic E-state index is 0.136. The van der Waals surface area contributed by atoms with Crippen LogP contribution in [-0.2, 0) is 11.2 Å². The van der Waals surface area contributed by atoms with E-state index in [1.54, 1.807) is 25.6 Å². The number of carbonyl (C=O) groups is 1. The van der Waals surface area contributed by atoms with Gasteiger partial charge >= 0.3 is 0 Å². The zero-order valence-electron chi connectivity index (χ0n) is 12.4. The number of ether oxygens (including phenoxy) is 1. The maximum atomic E-state index is 12.2. The molecule has 2 heterocycles. The Labute approximate surface area is 129 Å².